The fourth-order valence-electron chi connectivity index (χ4n) is 3.54. The van der Waals surface area contributed by atoms with E-state index >= 15 is 0 Å². The Morgan fingerprint density at radius 1 is 1.11 bits per heavy atom. The van der Waals surface area contributed by atoms with Gasteiger partial charge in [0, 0.05) is 22.9 Å². The monoisotopic (exact) mass is 360 g/mol. The Bertz CT molecular complexity index is 977. The molecule has 0 aliphatic carbocycles. The standard InChI is InChI=1S/C21H20N4O2/c1-13-18(21(26)24-15-8-10-16(27-2)11-9-15)19(14-6-4-3-5-7-14)17-12-22-25-20(17)23-13/h3-12,18-19H,1-2H3,(H,22,25)(H,24,26). The number of nitrogens with one attached hydrogen (secondary N) is 2. The second-order valence-corrected chi connectivity index (χ2v) is 6.51. The smallest absolute Gasteiger partial charge is 0.234 e. The van der Waals surface area contributed by atoms with Gasteiger partial charge in [-0.3, -0.25) is 9.89 Å². The van der Waals surface area contributed by atoms with Crippen LogP contribution in [-0.4, -0.2) is 28.9 Å². The number of carbonyl (C=O) groups is 1. The number of carbonyl (C=O) groups excluding carboxylic acids is 1. The molecule has 2 aromatic carbocycles. The van der Waals surface area contributed by atoms with Crippen LogP contribution in [-0.2, 0) is 4.79 Å². The molecule has 0 bridgehead atoms. The first kappa shape index (κ1) is 17.0. The van der Waals surface area contributed by atoms with E-state index in [2.05, 4.69) is 20.5 Å². The third kappa shape index (κ3) is 3.21. The molecule has 6 nitrogen and oxygen atoms in total. The van der Waals surface area contributed by atoms with Crippen LogP contribution in [0.1, 0.15) is 24.0 Å². The SMILES string of the molecule is COc1ccc(NC(=O)C2C(C)=Nc3[nH]ncc3C2c2ccccc2)cc1. The van der Waals surface area contributed by atoms with Gasteiger partial charge in [-0.1, -0.05) is 30.3 Å². The van der Waals surface area contributed by atoms with Gasteiger partial charge in [0.2, 0.25) is 5.91 Å². The van der Waals surface area contributed by atoms with Crippen LogP contribution in [0.4, 0.5) is 11.5 Å². The quantitative estimate of drug-likeness (QED) is 0.740. The molecule has 0 saturated heterocycles. The molecular formula is C21H20N4O2. The van der Waals surface area contributed by atoms with Crippen LogP contribution in [0.2, 0.25) is 0 Å². The number of hydrogen-bond acceptors (Lipinski definition) is 4. The molecule has 4 rings (SSSR count). The number of fused-ring (bicyclic) bond motifs is 1. The van der Waals surface area contributed by atoms with Gasteiger partial charge in [-0.05, 0) is 36.8 Å². The molecule has 2 unspecified atom stereocenters. The Morgan fingerprint density at radius 3 is 2.56 bits per heavy atom. The van der Waals surface area contributed by atoms with Crippen LogP contribution in [0.25, 0.3) is 0 Å². The number of amides is 1. The van der Waals surface area contributed by atoms with Crippen molar-refractivity contribution in [1.82, 2.24) is 10.2 Å². The summed E-state index contributed by atoms with van der Waals surface area (Å²) in [4.78, 5) is 17.8. The van der Waals surface area contributed by atoms with Crippen molar-refractivity contribution in [1.29, 1.82) is 0 Å². The number of nitrogens with zero attached hydrogens (tertiary/aromatic N) is 2. The molecule has 136 valence electrons. The fraction of sp³-hybridized carbons (Fsp3) is 0.190. The molecule has 2 N–H and O–H groups in total. The summed E-state index contributed by atoms with van der Waals surface area (Å²) in [5.41, 5.74) is 3.47. The molecule has 0 spiro atoms. The Labute approximate surface area is 157 Å². The minimum Gasteiger partial charge on any atom is -0.497 e. The predicted octanol–water partition coefficient (Wildman–Crippen LogP) is 3.91. The molecule has 27 heavy (non-hydrogen) atoms. The van der Waals surface area contributed by atoms with E-state index in [0.29, 0.717) is 0 Å². The van der Waals surface area contributed by atoms with Gasteiger partial charge in [0.15, 0.2) is 5.82 Å². The number of hydrogen-bond donors (Lipinski definition) is 2. The summed E-state index contributed by atoms with van der Waals surface area (Å²) in [6, 6.07) is 17.3. The third-order valence-electron chi connectivity index (χ3n) is 4.85. The van der Waals surface area contributed by atoms with Crippen molar-refractivity contribution >= 4 is 23.1 Å². The van der Waals surface area contributed by atoms with Gasteiger partial charge in [-0.15, -0.1) is 0 Å². The predicted molar refractivity (Wildman–Crippen MR) is 105 cm³/mol. The lowest BCUT2D eigenvalue weighted by Gasteiger charge is -2.29. The molecule has 2 heterocycles. The lowest BCUT2D eigenvalue weighted by molar-refractivity contribution is -0.118. The van der Waals surface area contributed by atoms with Gasteiger partial charge in [0.25, 0.3) is 0 Å². The number of methoxy groups -OCH3 is 1. The zero-order valence-corrected chi connectivity index (χ0v) is 15.1. The zero-order chi connectivity index (χ0) is 18.8. The van der Waals surface area contributed by atoms with Gasteiger partial charge in [0.1, 0.15) is 5.75 Å². The largest absolute Gasteiger partial charge is 0.497 e. The van der Waals surface area contributed by atoms with Crippen LogP contribution in [0.15, 0.2) is 65.8 Å². The average Bonchev–Trinajstić information content (AvgIpc) is 3.16. The maximum atomic E-state index is 13.2. The molecule has 2 atom stereocenters. The summed E-state index contributed by atoms with van der Waals surface area (Å²) in [7, 11) is 1.61. The summed E-state index contributed by atoms with van der Waals surface area (Å²) in [6.07, 6.45) is 1.76. The molecule has 0 fully saturated rings. The molecule has 3 aromatic rings. The number of benzene rings is 2. The average molecular weight is 360 g/mol. The number of aromatic nitrogens is 2. The van der Waals surface area contributed by atoms with Crippen LogP contribution >= 0.6 is 0 Å². The summed E-state index contributed by atoms with van der Waals surface area (Å²) < 4.78 is 5.17. The van der Waals surface area contributed by atoms with Crippen molar-refractivity contribution < 1.29 is 9.53 Å². The lowest BCUT2D eigenvalue weighted by atomic mass is 9.77. The van der Waals surface area contributed by atoms with Crippen molar-refractivity contribution in [2.75, 3.05) is 12.4 Å². The van der Waals surface area contributed by atoms with Crippen LogP contribution < -0.4 is 10.1 Å². The number of H-pyrrole nitrogens is 1. The van der Waals surface area contributed by atoms with Gasteiger partial charge < -0.3 is 10.1 Å². The van der Waals surface area contributed by atoms with E-state index in [4.69, 9.17) is 4.74 Å². The Morgan fingerprint density at radius 2 is 1.85 bits per heavy atom. The van der Waals surface area contributed by atoms with Crippen LogP contribution in [0.3, 0.4) is 0 Å². The molecule has 1 aliphatic heterocycles. The molecule has 1 amide bonds. The Kier molecular flexibility index (Phi) is 4.46. The number of rotatable bonds is 4. The maximum absolute atomic E-state index is 13.2. The van der Waals surface area contributed by atoms with Gasteiger partial charge in [0.05, 0.1) is 19.2 Å². The summed E-state index contributed by atoms with van der Waals surface area (Å²) in [5, 5.41) is 10.1. The van der Waals surface area contributed by atoms with E-state index in [-0.39, 0.29) is 11.8 Å². The topological polar surface area (TPSA) is 79.4 Å². The number of ether oxygens (including phenoxy) is 1. The second-order valence-electron chi connectivity index (χ2n) is 6.51. The highest BCUT2D eigenvalue weighted by molar-refractivity contribution is 6.11. The first-order chi connectivity index (χ1) is 13.2. The highest BCUT2D eigenvalue weighted by Crippen LogP contribution is 2.41. The van der Waals surface area contributed by atoms with Crippen molar-refractivity contribution in [3.05, 3.63) is 71.9 Å². The van der Waals surface area contributed by atoms with Gasteiger partial charge in [-0.25, -0.2) is 4.99 Å². The molecular weight excluding hydrogens is 340 g/mol. The highest BCUT2D eigenvalue weighted by atomic mass is 16.5. The van der Waals surface area contributed by atoms with Crippen molar-refractivity contribution in [3.8, 4) is 5.75 Å². The van der Waals surface area contributed by atoms with Crippen molar-refractivity contribution in [2.24, 2.45) is 10.9 Å². The molecule has 1 aromatic heterocycles. The van der Waals surface area contributed by atoms with E-state index in [1.807, 2.05) is 61.5 Å². The molecule has 1 aliphatic rings. The minimum atomic E-state index is -0.417. The summed E-state index contributed by atoms with van der Waals surface area (Å²) in [6.45, 7) is 1.89. The maximum Gasteiger partial charge on any atom is 0.234 e. The molecule has 6 heteroatoms. The van der Waals surface area contributed by atoms with E-state index < -0.39 is 5.92 Å². The third-order valence-corrected chi connectivity index (χ3v) is 4.85. The van der Waals surface area contributed by atoms with Crippen molar-refractivity contribution in [3.63, 3.8) is 0 Å². The normalized spacial score (nSPS) is 18.4. The van der Waals surface area contributed by atoms with Gasteiger partial charge >= 0.3 is 0 Å². The zero-order valence-electron chi connectivity index (χ0n) is 15.1. The first-order valence-electron chi connectivity index (χ1n) is 8.75. The Balaban J connectivity index is 1.69. The number of aliphatic imine (C=N–C) groups is 1. The van der Waals surface area contributed by atoms with E-state index in [0.717, 1.165) is 34.1 Å². The van der Waals surface area contributed by atoms with E-state index in [1.54, 1.807) is 13.3 Å². The minimum absolute atomic E-state index is 0.0953. The molecule has 0 radical (unpaired) electrons. The first-order valence-corrected chi connectivity index (χ1v) is 8.75. The van der Waals surface area contributed by atoms with Crippen LogP contribution in [0, 0.1) is 5.92 Å². The summed E-state index contributed by atoms with van der Waals surface area (Å²) >= 11 is 0. The van der Waals surface area contributed by atoms with Crippen LogP contribution in [0.5, 0.6) is 5.75 Å². The lowest BCUT2D eigenvalue weighted by Crippen LogP contribution is -2.35. The fourth-order valence-corrected chi connectivity index (χ4v) is 3.54. The number of anilines is 1. The highest BCUT2D eigenvalue weighted by Gasteiger charge is 2.38. The van der Waals surface area contributed by atoms with E-state index in [9.17, 15) is 4.79 Å². The second kappa shape index (κ2) is 7.07. The van der Waals surface area contributed by atoms with Crippen molar-refractivity contribution in [2.45, 2.75) is 12.8 Å². The number of aromatic amines is 1. The van der Waals surface area contributed by atoms with E-state index in [1.165, 1.54) is 0 Å². The molecule has 0 saturated carbocycles. The summed E-state index contributed by atoms with van der Waals surface area (Å²) in [5.74, 6) is 0.806. The Hall–Kier alpha value is -3.41. The van der Waals surface area contributed by atoms with Gasteiger partial charge in [-0.2, -0.15) is 5.10 Å².